The van der Waals surface area contributed by atoms with Crippen molar-refractivity contribution in [3.8, 4) is 0 Å². The Morgan fingerprint density at radius 3 is 2.50 bits per heavy atom. The number of piperazine rings is 1. The van der Waals surface area contributed by atoms with Crippen LogP contribution < -0.4 is 4.90 Å². The van der Waals surface area contributed by atoms with Crippen molar-refractivity contribution in [1.29, 1.82) is 0 Å². The molecule has 2 aliphatic rings. The average molecular weight is 476 g/mol. The number of thiophene rings is 1. The zero-order chi connectivity index (χ0) is 23.5. The third kappa shape index (κ3) is 4.86. The summed E-state index contributed by atoms with van der Waals surface area (Å²) < 4.78 is 0. The van der Waals surface area contributed by atoms with Crippen LogP contribution in [-0.2, 0) is 4.79 Å². The summed E-state index contributed by atoms with van der Waals surface area (Å²) in [6.45, 7) is 10.5. The molecule has 0 atom stereocenters. The Morgan fingerprint density at radius 1 is 1.03 bits per heavy atom. The second-order valence-electron chi connectivity index (χ2n) is 9.36. The first kappa shape index (κ1) is 23.0. The molecule has 1 amide bonds. The number of rotatable bonds is 5. The van der Waals surface area contributed by atoms with Crippen molar-refractivity contribution in [1.82, 2.24) is 19.8 Å². The van der Waals surface area contributed by atoms with Crippen molar-refractivity contribution in [3.05, 3.63) is 58.7 Å². The maximum absolute atomic E-state index is 13.2. The smallest absolute Gasteiger partial charge is 0.225 e. The Bertz CT molecular complexity index is 1160. The predicted octanol–water partition coefficient (Wildman–Crippen LogP) is 4.38. The highest BCUT2D eigenvalue weighted by Gasteiger charge is 2.31. The Balaban J connectivity index is 1.12. The van der Waals surface area contributed by atoms with Crippen molar-refractivity contribution in [2.24, 2.45) is 5.92 Å². The minimum atomic E-state index is 0.128. The number of carbonyl (C=O) groups is 1. The number of hydrogen-bond acceptors (Lipinski definition) is 6. The van der Waals surface area contributed by atoms with Crippen molar-refractivity contribution in [2.75, 3.05) is 50.7 Å². The number of carbonyl (C=O) groups excluding carboxylic acids is 1. The molecule has 2 saturated heterocycles. The molecule has 0 radical (unpaired) electrons. The van der Waals surface area contributed by atoms with Crippen LogP contribution in [0.15, 0.2) is 42.7 Å². The maximum atomic E-state index is 13.2. The van der Waals surface area contributed by atoms with Crippen LogP contribution in [0.1, 0.15) is 28.8 Å². The van der Waals surface area contributed by atoms with Gasteiger partial charge in [0.1, 0.15) is 17.0 Å². The lowest BCUT2D eigenvalue weighted by atomic mass is 9.94. The molecular formula is C27H33N5OS. The molecule has 7 heteroatoms. The van der Waals surface area contributed by atoms with Crippen LogP contribution >= 0.6 is 11.3 Å². The van der Waals surface area contributed by atoms with Gasteiger partial charge in [0, 0.05) is 56.6 Å². The highest BCUT2D eigenvalue weighted by atomic mass is 32.1. The van der Waals surface area contributed by atoms with Crippen LogP contribution in [0.25, 0.3) is 16.3 Å². The zero-order valence-corrected chi connectivity index (χ0v) is 20.9. The topological polar surface area (TPSA) is 52.6 Å². The number of aromatic nitrogens is 2. The summed E-state index contributed by atoms with van der Waals surface area (Å²) in [6.07, 6.45) is 7.87. The lowest BCUT2D eigenvalue weighted by molar-refractivity contribution is -0.137. The van der Waals surface area contributed by atoms with Gasteiger partial charge in [-0.05, 0) is 37.8 Å². The normalized spacial score (nSPS) is 18.3. The van der Waals surface area contributed by atoms with Crippen molar-refractivity contribution >= 4 is 39.4 Å². The van der Waals surface area contributed by atoms with Gasteiger partial charge in [-0.1, -0.05) is 42.5 Å². The quantitative estimate of drug-likeness (QED) is 0.548. The first-order chi connectivity index (χ1) is 16.6. The molecule has 6 nitrogen and oxygen atoms in total. The molecule has 34 heavy (non-hydrogen) atoms. The van der Waals surface area contributed by atoms with E-state index in [-0.39, 0.29) is 5.92 Å². The Morgan fingerprint density at radius 2 is 1.76 bits per heavy atom. The molecule has 178 valence electrons. The van der Waals surface area contributed by atoms with Crippen LogP contribution in [0.4, 0.5) is 5.82 Å². The van der Waals surface area contributed by atoms with Crippen LogP contribution in [-0.4, -0.2) is 71.5 Å². The lowest BCUT2D eigenvalue weighted by Gasteiger charge is -2.38. The number of aryl methyl sites for hydroxylation is 2. The molecular weight excluding hydrogens is 442 g/mol. The van der Waals surface area contributed by atoms with Gasteiger partial charge in [0.2, 0.25) is 5.91 Å². The highest BCUT2D eigenvalue weighted by Crippen LogP contribution is 2.35. The fourth-order valence-electron chi connectivity index (χ4n) is 5.05. The van der Waals surface area contributed by atoms with Gasteiger partial charge in [-0.3, -0.25) is 9.69 Å². The Kier molecular flexibility index (Phi) is 6.92. The molecule has 2 aliphatic heterocycles. The number of amides is 1. The molecule has 0 bridgehead atoms. The number of piperidine rings is 1. The van der Waals surface area contributed by atoms with E-state index in [0.29, 0.717) is 5.91 Å². The van der Waals surface area contributed by atoms with Crippen molar-refractivity contribution in [2.45, 2.75) is 26.7 Å². The molecule has 0 N–H and O–H groups in total. The molecule has 0 spiro atoms. The number of hydrogen-bond donors (Lipinski definition) is 0. The van der Waals surface area contributed by atoms with E-state index < -0.39 is 0 Å². The molecule has 3 aromatic rings. The van der Waals surface area contributed by atoms with Crippen LogP contribution in [0, 0.1) is 19.8 Å². The van der Waals surface area contributed by atoms with Gasteiger partial charge in [0.25, 0.3) is 0 Å². The van der Waals surface area contributed by atoms with Gasteiger partial charge in [-0.15, -0.1) is 11.3 Å². The zero-order valence-electron chi connectivity index (χ0n) is 20.1. The van der Waals surface area contributed by atoms with E-state index in [1.165, 1.54) is 21.4 Å². The predicted molar refractivity (Wildman–Crippen MR) is 140 cm³/mol. The van der Waals surface area contributed by atoms with Gasteiger partial charge < -0.3 is 9.80 Å². The number of nitrogens with zero attached hydrogens (tertiary/aromatic N) is 5. The summed E-state index contributed by atoms with van der Waals surface area (Å²) in [5.74, 6) is 1.51. The fourth-order valence-corrected chi connectivity index (χ4v) is 6.04. The van der Waals surface area contributed by atoms with E-state index in [1.54, 1.807) is 17.7 Å². The number of fused-ring (bicyclic) bond motifs is 1. The SMILES string of the molecule is Cc1sc2ncnc(N3CCC(C(=O)N4CCN(C/C=C/c5ccccc5)CC4)CC3)c2c1C. The molecule has 0 aliphatic carbocycles. The minimum absolute atomic E-state index is 0.128. The van der Waals surface area contributed by atoms with E-state index >= 15 is 0 Å². The second-order valence-corrected chi connectivity index (χ2v) is 10.6. The summed E-state index contributed by atoms with van der Waals surface area (Å²) in [4.78, 5) is 31.6. The van der Waals surface area contributed by atoms with Crippen LogP contribution in [0.2, 0.25) is 0 Å². The van der Waals surface area contributed by atoms with Gasteiger partial charge in [0.15, 0.2) is 0 Å². The summed E-state index contributed by atoms with van der Waals surface area (Å²) in [7, 11) is 0. The largest absolute Gasteiger partial charge is 0.356 e. The van der Waals surface area contributed by atoms with E-state index in [9.17, 15) is 4.79 Å². The van der Waals surface area contributed by atoms with Crippen molar-refractivity contribution < 1.29 is 4.79 Å². The standard InChI is InChI=1S/C27H33N5OS/c1-20-21(2)34-26-24(20)25(28-19-29-26)31-13-10-23(11-14-31)27(33)32-17-15-30(16-18-32)12-6-9-22-7-4-3-5-8-22/h3-9,19,23H,10-18H2,1-2H3/b9-6+. The maximum Gasteiger partial charge on any atom is 0.225 e. The highest BCUT2D eigenvalue weighted by molar-refractivity contribution is 7.18. The van der Waals surface area contributed by atoms with E-state index in [0.717, 1.165) is 69.3 Å². The van der Waals surface area contributed by atoms with E-state index in [1.807, 2.05) is 6.07 Å². The van der Waals surface area contributed by atoms with E-state index in [2.05, 4.69) is 74.9 Å². The summed E-state index contributed by atoms with van der Waals surface area (Å²) in [5.41, 5.74) is 2.51. The Labute approximate surface area is 205 Å². The monoisotopic (exact) mass is 475 g/mol. The summed E-state index contributed by atoms with van der Waals surface area (Å²) in [5, 5.41) is 1.19. The average Bonchev–Trinajstić information content (AvgIpc) is 3.18. The number of anilines is 1. The molecule has 5 rings (SSSR count). The first-order valence-electron chi connectivity index (χ1n) is 12.3. The lowest BCUT2D eigenvalue weighted by Crippen LogP contribution is -2.51. The number of benzene rings is 1. The molecule has 1 aromatic carbocycles. The summed E-state index contributed by atoms with van der Waals surface area (Å²) >= 11 is 1.74. The molecule has 2 fully saturated rings. The minimum Gasteiger partial charge on any atom is -0.356 e. The third-order valence-corrected chi connectivity index (χ3v) is 8.36. The van der Waals surface area contributed by atoms with Gasteiger partial charge in [-0.2, -0.15) is 0 Å². The van der Waals surface area contributed by atoms with Crippen LogP contribution in [0.5, 0.6) is 0 Å². The Hall–Kier alpha value is -2.77. The molecule has 2 aromatic heterocycles. The van der Waals surface area contributed by atoms with Gasteiger partial charge in [0.05, 0.1) is 5.39 Å². The van der Waals surface area contributed by atoms with Crippen LogP contribution in [0.3, 0.4) is 0 Å². The second kappa shape index (κ2) is 10.2. The molecule has 4 heterocycles. The first-order valence-corrected chi connectivity index (χ1v) is 13.1. The fraction of sp³-hybridized carbons (Fsp3) is 0.444. The van der Waals surface area contributed by atoms with Crippen molar-refractivity contribution in [3.63, 3.8) is 0 Å². The van der Waals surface area contributed by atoms with Gasteiger partial charge >= 0.3 is 0 Å². The molecule has 0 saturated carbocycles. The van der Waals surface area contributed by atoms with Gasteiger partial charge in [-0.25, -0.2) is 9.97 Å². The summed E-state index contributed by atoms with van der Waals surface area (Å²) in [6, 6.07) is 10.4. The molecule has 0 unspecified atom stereocenters. The third-order valence-electron chi connectivity index (χ3n) is 7.25. The van der Waals surface area contributed by atoms with E-state index in [4.69, 9.17) is 0 Å².